The number of aryl methyl sites for hydroxylation is 1. The van der Waals surface area contributed by atoms with Gasteiger partial charge in [-0.25, -0.2) is 0 Å². The van der Waals surface area contributed by atoms with E-state index in [-0.39, 0.29) is 5.91 Å². The molecule has 0 aliphatic heterocycles. The first-order valence-electron chi connectivity index (χ1n) is 6.14. The quantitative estimate of drug-likeness (QED) is 0.822. The molecule has 1 aliphatic carbocycles. The van der Waals surface area contributed by atoms with Gasteiger partial charge in [0.1, 0.15) is 0 Å². The van der Waals surface area contributed by atoms with E-state index in [1.165, 1.54) is 0 Å². The Balaban J connectivity index is 1.88. The molecule has 2 unspecified atom stereocenters. The largest absolute Gasteiger partial charge is 0.352 e. The summed E-state index contributed by atoms with van der Waals surface area (Å²) in [5.41, 5.74) is 1.79. The number of rotatable bonds is 3. The second-order valence-electron chi connectivity index (χ2n) is 4.80. The molecule has 2 atom stereocenters. The van der Waals surface area contributed by atoms with E-state index in [0.29, 0.717) is 11.3 Å². The van der Waals surface area contributed by atoms with Crippen LogP contribution in [0.2, 0.25) is 0 Å². The average molecular weight is 252 g/mol. The summed E-state index contributed by atoms with van der Waals surface area (Å²) in [5, 5.41) is 3.31. The number of carbonyl (C=O) groups excluding carboxylic acids is 1. The number of alkyl halides is 1. The van der Waals surface area contributed by atoms with E-state index >= 15 is 0 Å². The van der Waals surface area contributed by atoms with Crippen molar-refractivity contribution in [2.24, 2.45) is 5.92 Å². The molecule has 2 nitrogen and oxygen atoms in total. The number of carbonyl (C=O) groups is 1. The van der Waals surface area contributed by atoms with Crippen LogP contribution in [0.25, 0.3) is 0 Å². The Labute approximate surface area is 107 Å². The smallest absolute Gasteiger partial charge is 0.251 e. The molecule has 0 radical (unpaired) electrons. The fraction of sp³-hybridized carbons (Fsp3) is 0.500. The zero-order valence-electron chi connectivity index (χ0n) is 10.1. The maximum absolute atomic E-state index is 12.0. The van der Waals surface area contributed by atoms with Crippen molar-refractivity contribution in [1.29, 1.82) is 0 Å². The molecular formula is C14H18ClNO. The fourth-order valence-corrected chi connectivity index (χ4v) is 2.74. The van der Waals surface area contributed by atoms with E-state index in [0.717, 1.165) is 36.9 Å². The molecule has 0 bridgehead atoms. The number of hydrogen-bond donors (Lipinski definition) is 1. The van der Waals surface area contributed by atoms with Crippen LogP contribution in [-0.2, 0) is 0 Å². The van der Waals surface area contributed by atoms with Gasteiger partial charge in [-0.3, -0.25) is 4.79 Å². The second kappa shape index (κ2) is 5.54. The summed E-state index contributed by atoms with van der Waals surface area (Å²) in [6, 6.07) is 7.66. The standard InChI is InChI=1S/C14H18ClNO/c1-10-4-2-3-5-13(10)14(17)16-9-11-6-7-12(15)8-11/h2-5,11-12H,6-9H2,1H3,(H,16,17). The minimum Gasteiger partial charge on any atom is -0.352 e. The monoisotopic (exact) mass is 251 g/mol. The van der Waals surface area contributed by atoms with Crippen LogP contribution in [0.3, 0.4) is 0 Å². The Hall–Kier alpha value is -1.02. The van der Waals surface area contributed by atoms with Gasteiger partial charge in [-0.2, -0.15) is 0 Å². The van der Waals surface area contributed by atoms with Gasteiger partial charge in [0.15, 0.2) is 0 Å². The van der Waals surface area contributed by atoms with Crippen molar-refractivity contribution in [3.05, 3.63) is 35.4 Å². The first kappa shape index (κ1) is 12.4. The van der Waals surface area contributed by atoms with Crippen molar-refractivity contribution >= 4 is 17.5 Å². The van der Waals surface area contributed by atoms with Gasteiger partial charge in [-0.1, -0.05) is 18.2 Å². The molecule has 1 amide bonds. The molecule has 17 heavy (non-hydrogen) atoms. The summed E-state index contributed by atoms with van der Waals surface area (Å²) in [4.78, 5) is 12.0. The molecule has 0 aromatic heterocycles. The molecule has 1 fully saturated rings. The fourth-order valence-electron chi connectivity index (χ4n) is 2.36. The van der Waals surface area contributed by atoms with Crippen LogP contribution in [0, 0.1) is 12.8 Å². The SMILES string of the molecule is Cc1ccccc1C(=O)NCC1CCC(Cl)C1. The van der Waals surface area contributed by atoms with Crippen LogP contribution in [-0.4, -0.2) is 17.8 Å². The lowest BCUT2D eigenvalue weighted by Crippen LogP contribution is -2.29. The van der Waals surface area contributed by atoms with Gasteiger partial charge in [0.2, 0.25) is 0 Å². The Kier molecular flexibility index (Phi) is 4.06. The van der Waals surface area contributed by atoms with E-state index in [2.05, 4.69) is 5.32 Å². The molecule has 1 aliphatic rings. The van der Waals surface area contributed by atoms with Crippen molar-refractivity contribution in [3.8, 4) is 0 Å². The first-order chi connectivity index (χ1) is 8.16. The maximum Gasteiger partial charge on any atom is 0.251 e. The van der Waals surface area contributed by atoms with Gasteiger partial charge in [-0.15, -0.1) is 11.6 Å². The Morgan fingerprint density at radius 3 is 2.82 bits per heavy atom. The lowest BCUT2D eigenvalue weighted by atomic mass is 10.1. The molecule has 0 spiro atoms. The summed E-state index contributed by atoms with van der Waals surface area (Å²) in [6.45, 7) is 2.70. The highest BCUT2D eigenvalue weighted by Crippen LogP contribution is 2.28. The van der Waals surface area contributed by atoms with E-state index in [1.54, 1.807) is 0 Å². The van der Waals surface area contributed by atoms with Crippen molar-refractivity contribution in [2.45, 2.75) is 31.6 Å². The van der Waals surface area contributed by atoms with Crippen LogP contribution in [0.5, 0.6) is 0 Å². The number of benzene rings is 1. The molecule has 1 N–H and O–H groups in total. The van der Waals surface area contributed by atoms with Crippen LogP contribution < -0.4 is 5.32 Å². The summed E-state index contributed by atoms with van der Waals surface area (Å²) < 4.78 is 0. The van der Waals surface area contributed by atoms with Gasteiger partial charge >= 0.3 is 0 Å². The van der Waals surface area contributed by atoms with Crippen LogP contribution in [0.4, 0.5) is 0 Å². The average Bonchev–Trinajstić information content (AvgIpc) is 2.73. The van der Waals surface area contributed by atoms with Gasteiger partial charge in [0.05, 0.1) is 0 Å². The third-order valence-corrected chi connectivity index (χ3v) is 3.81. The van der Waals surface area contributed by atoms with Gasteiger partial charge < -0.3 is 5.32 Å². The summed E-state index contributed by atoms with van der Waals surface area (Å²) in [6.07, 6.45) is 3.23. The molecule has 1 saturated carbocycles. The molecule has 2 rings (SSSR count). The maximum atomic E-state index is 12.0. The van der Waals surface area contributed by atoms with Crippen molar-refractivity contribution in [2.75, 3.05) is 6.54 Å². The zero-order chi connectivity index (χ0) is 12.3. The van der Waals surface area contributed by atoms with Crippen LogP contribution in [0.1, 0.15) is 35.2 Å². The highest BCUT2D eigenvalue weighted by molar-refractivity contribution is 6.20. The third kappa shape index (κ3) is 3.22. The summed E-state index contributed by atoms with van der Waals surface area (Å²) in [7, 11) is 0. The second-order valence-corrected chi connectivity index (χ2v) is 5.42. The topological polar surface area (TPSA) is 29.1 Å². The van der Waals surface area contributed by atoms with Crippen LogP contribution in [0.15, 0.2) is 24.3 Å². The van der Waals surface area contributed by atoms with Gasteiger partial charge in [-0.05, 0) is 43.7 Å². The predicted molar refractivity (Wildman–Crippen MR) is 70.5 cm³/mol. The number of halogens is 1. The van der Waals surface area contributed by atoms with E-state index in [9.17, 15) is 4.79 Å². The molecular weight excluding hydrogens is 234 g/mol. The molecule has 1 aromatic rings. The number of hydrogen-bond acceptors (Lipinski definition) is 1. The van der Waals surface area contributed by atoms with E-state index in [1.807, 2.05) is 31.2 Å². The number of nitrogens with one attached hydrogen (secondary N) is 1. The van der Waals surface area contributed by atoms with Crippen molar-refractivity contribution < 1.29 is 4.79 Å². The highest BCUT2D eigenvalue weighted by atomic mass is 35.5. The summed E-state index contributed by atoms with van der Waals surface area (Å²) >= 11 is 6.05. The molecule has 0 heterocycles. The molecule has 1 aromatic carbocycles. The van der Waals surface area contributed by atoms with Crippen molar-refractivity contribution in [1.82, 2.24) is 5.32 Å². The Bertz CT molecular complexity index is 405. The third-order valence-electron chi connectivity index (χ3n) is 3.42. The summed E-state index contributed by atoms with van der Waals surface area (Å²) in [5.74, 6) is 0.576. The Morgan fingerprint density at radius 2 is 2.18 bits per heavy atom. The highest BCUT2D eigenvalue weighted by Gasteiger charge is 2.23. The Morgan fingerprint density at radius 1 is 1.41 bits per heavy atom. The van der Waals surface area contributed by atoms with Crippen molar-refractivity contribution in [3.63, 3.8) is 0 Å². The van der Waals surface area contributed by atoms with E-state index < -0.39 is 0 Å². The number of amides is 1. The van der Waals surface area contributed by atoms with Crippen LogP contribution >= 0.6 is 11.6 Å². The predicted octanol–water partition coefficient (Wildman–Crippen LogP) is 3.13. The zero-order valence-corrected chi connectivity index (χ0v) is 10.8. The molecule has 0 saturated heterocycles. The lowest BCUT2D eigenvalue weighted by Gasteiger charge is -2.11. The minimum atomic E-state index is 0.0288. The van der Waals surface area contributed by atoms with E-state index in [4.69, 9.17) is 11.6 Å². The van der Waals surface area contributed by atoms with Gasteiger partial charge in [0, 0.05) is 17.5 Å². The molecule has 3 heteroatoms. The van der Waals surface area contributed by atoms with Gasteiger partial charge in [0.25, 0.3) is 5.91 Å². The lowest BCUT2D eigenvalue weighted by molar-refractivity contribution is 0.0947. The normalized spacial score (nSPS) is 23.6. The first-order valence-corrected chi connectivity index (χ1v) is 6.58. The minimum absolute atomic E-state index is 0.0288. The molecule has 92 valence electrons.